The molecule has 0 rings (SSSR count). The van der Waals surface area contributed by atoms with Gasteiger partial charge in [0.25, 0.3) is 0 Å². The maximum absolute atomic E-state index is 12.0. The van der Waals surface area contributed by atoms with Gasteiger partial charge in [-0.3, -0.25) is 0 Å². The fourth-order valence-corrected chi connectivity index (χ4v) is 0.531. The molecule has 11 heavy (non-hydrogen) atoms. The minimum absolute atomic E-state index is 0.0666. The van der Waals surface area contributed by atoms with Crippen LogP contribution in [0.2, 0.25) is 0 Å². The van der Waals surface area contributed by atoms with Crippen LogP contribution in [0.5, 0.6) is 0 Å². The molecule has 1 unspecified atom stereocenters. The van der Waals surface area contributed by atoms with Crippen molar-refractivity contribution in [3.05, 3.63) is 0 Å². The second-order valence-corrected chi connectivity index (χ2v) is 2.36. The van der Waals surface area contributed by atoms with Crippen molar-refractivity contribution in [2.45, 2.75) is 25.7 Å². The Morgan fingerprint density at radius 3 is 2.27 bits per heavy atom. The summed E-state index contributed by atoms with van der Waals surface area (Å²) in [5.41, 5.74) is 0. The highest BCUT2D eigenvalue weighted by atomic mass is 19.4. The summed E-state index contributed by atoms with van der Waals surface area (Å²) in [6.45, 7) is 0.339. The molecular weight excluding hydrogens is 162 g/mol. The highest BCUT2D eigenvalue weighted by Gasteiger charge is 2.25. The Balaban J connectivity index is 3.15. The van der Waals surface area contributed by atoms with Gasteiger partial charge in [0, 0.05) is 0 Å². The summed E-state index contributed by atoms with van der Waals surface area (Å²) >= 11 is 0. The molecule has 0 bridgehead atoms. The molecule has 5 heteroatoms. The number of hydrogen-bond acceptors (Lipinski definition) is 1. The molecule has 0 aromatic carbocycles. The molecule has 0 aromatic heterocycles. The van der Waals surface area contributed by atoms with Crippen molar-refractivity contribution in [1.29, 1.82) is 0 Å². The quantitative estimate of drug-likeness (QED) is 0.505. The molecule has 0 aliphatic rings. The number of rotatable bonds is 4. The van der Waals surface area contributed by atoms with E-state index in [9.17, 15) is 17.6 Å². The molecule has 1 atom stereocenters. The summed E-state index contributed by atoms with van der Waals surface area (Å²) in [7, 11) is 0. The second kappa shape index (κ2) is 4.54. The molecule has 0 amide bonds. The lowest BCUT2D eigenvalue weighted by Gasteiger charge is -2.07. The van der Waals surface area contributed by atoms with Gasteiger partial charge >= 0.3 is 6.18 Å². The van der Waals surface area contributed by atoms with Crippen LogP contribution in [0.4, 0.5) is 17.6 Å². The number of nitrogens with one attached hydrogen (secondary N) is 1. The van der Waals surface area contributed by atoms with Gasteiger partial charge in [0.2, 0.25) is 0 Å². The normalized spacial score (nSPS) is 15.0. The Hall–Kier alpha value is -0.320. The Labute approximate surface area is 62.8 Å². The van der Waals surface area contributed by atoms with Crippen LogP contribution in [-0.2, 0) is 0 Å². The highest BCUT2D eigenvalue weighted by Crippen LogP contribution is 2.12. The zero-order chi connectivity index (χ0) is 8.91. The van der Waals surface area contributed by atoms with Gasteiger partial charge in [0.1, 0.15) is 0 Å². The summed E-state index contributed by atoms with van der Waals surface area (Å²) in [6.07, 6.45) is -5.12. The van der Waals surface area contributed by atoms with Crippen molar-refractivity contribution < 1.29 is 17.6 Å². The summed E-state index contributed by atoms with van der Waals surface area (Å²) in [5.74, 6) is 0. The summed E-state index contributed by atoms with van der Waals surface area (Å²) < 4.78 is 46.3. The summed E-state index contributed by atoms with van der Waals surface area (Å²) in [4.78, 5) is 0. The molecule has 0 aliphatic heterocycles. The maximum Gasteiger partial charge on any atom is 0.401 e. The van der Waals surface area contributed by atoms with E-state index in [2.05, 4.69) is 5.32 Å². The predicted molar refractivity (Wildman–Crippen MR) is 34.1 cm³/mol. The van der Waals surface area contributed by atoms with Gasteiger partial charge in [-0.15, -0.1) is 0 Å². The van der Waals surface area contributed by atoms with Gasteiger partial charge < -0.3 is 5.32 Å². The van der Waals surface area contributed by atoms with E-state index < -0.39 is 18.9 Å². The third kappa shape index (κ3) is 9.68. The lowest BCUT2D eigenvalue weighted by Crippen LogP contribution is -2.30. The van der Waals surface area contributed by atoms with Gasteiger partial charge in [0.05, 0.1) is 12.7 Å². The first-order valence-electron chi connectivity index (χ1n) is 3.33. The minimum Gasteiger partial charge on any atom is -0.309 e. The SMILES string of the molecule is CC(F)CCNCC(F)(F)F. The Bertz CT molecular complexity index is 99.2. The smallest absolute Gasteiger partial charge is 0.309 e. The van der Waals surface area contributed by atoms with E-state index in [0.717, 1.165) is 0 Å². The maximum atomic E-state index is 12.0. The largest absolute Gasteiger partial charge is 0.401 e. The Kier molecular flexibility index (Phi) is 4.40. The van der Waals surface area contributed by atoms with Crippen LogP contribution >= 0.6 is 0 Å². The zero-order valence-electron chi connectivity index (χ0n) is 6.21. The van der Waals surface area contributed by atoms with Crippen molar-refractivity contribution >= 4 is 0 Å². The van der Waals surface area contributed by atoms with Crippen molar-refractivity contribution in [1.82, 2.24) is 5.32 Å². The van der Waals surface area contributed by atoms with E-state index in [1.807, 2.05) is 0 Å². The van der Waals surface area contributed by atoms with Crippen LogP contribution in [0.1, 0.15) is 13.3 Å². The van der Waals surface area contributed by atoms with Crippen LogP contribution in [0.25, 0.3) is 0 Å². The van der Waals surface area contributed by atoms with E-state index in [0.29, 0.717) is 0 Å². The highest BCUT2D eigenvalue weighted by molar-refractivity contribution is 4.57. The lowest BCUT2D eigenvalue weighted by molar-refractivity contribution is -0.124. The molecule has 1 N–H and O–H groups in total. The third-order valence-electron chi connectivity index (χ3n) is 1.04. The van der Waals surface area contributed by atoms with Crippen LogP contribution < -0.4 is 5.32 Å². The van der Waals surface area contributed by atoms with Crippen LogP contribution in [0, 0.1) is 0 Å². The van der Waals surface area contributed by atoms with Gasteiger partial charge in [0.15, 0.2) is 0 Å². The van der Waals surface area contributed by atoms with Crippen LogP contribution in [0.3, 0.4) is 0 Å². The van der Waals surface area contributed by atoms with Gasteiger partial charge in [-0.05, 0) is 19.9 Å². The molecule has 0 aromatic rings. The van der Waals surface area contributed by atoms with E-state index in [1.165, 1.54) is 6.92 Å². The first kappa shape index (κ1) is 10.7. The molecule has 0 saturated heterocycles. The summed E-state index contributed by atoms with van der Waals surface area (Å²) in [5, 5.41) is 2.09. The third-order valence-corrected chi connectivity index (χ3v) is 1.04. The molecule has 0 fully saturated rings. The first-order chi connectivity index (χ1) is 4.92. The lowest BCUT2D eigenvalue weighted by atomic mass is 10.3. The molecular formula is C6H11F4N. The van der Waals surface area contributed by atoms with E-state index in [-0.39, 0.29) is 13.0 Å². The number of alkyl halides is 4. The fourth-order valence-electron chi connectivity index (χ4n) is 0.531. The molecule has 68 valence electrons. The Morgan fingerprint density at radius 2 is 1.91 bits per heavy atom. The number of hydrogen-bond donors (Lipinski definition) is 1. The molecule has 0 aliphatic carbocycles. The minimum atomic E-state index is -4.19. The predicted octanol–water partition coefficient (Wildman–Crippen LogP) is 1.89. The van der Waals surface area contributed by atoms with E-state index in [4.69, 9.17) is 0 Å². The average Bonchev–Trinajstić information content (AvgIpc) is 1.78. The monoisotopic (exact) mass is 173 g/mol. The Morgan fingerprint density at radius 1 is 1.36 bits per heavy atom. The standard InChI is InChI=1S/C6H11F4N/c1-5(7)2-3-11-4-6(8,9)10/h5,11H,2-4H2,1H3. The van der Waals surface area contributed by atoms with Crippen molar-refractivity contribution in [2.75, 3.05) is 13.1 Å². The van der Waals surface area contributed by atoms with Crippen LogP contribution in [0.15, 0.2) is 0 Å². The van der Waals surface area contributed by atoms with Crippen molar-refractivity contribution in [2.24, 2.45) is 0 Å². The number of halogens is 4. The topological polar surface area (TPSA) is 12.0 Å². The molecule has 0 radical (unpaired) electrons. The molecule has 0 spiro atoms. The molecule has 0 heterocycles. The first-order valence-corrected chi connectivity index (χ1v) is 3.33. The average molecular weight is 173 g/mol. The molecule has 1 nitrogen and oxygen atoms in total. The molecule has 0 saturated carbocycles. The van der Waals surface area contributed by atoms with E-state index >= 15 is 0 Å². The zero-order valence-corrected chi connectivity index (χ0v) is 6.21. The van der Waals surface area contributed by atoms with Crippen LogP contribution in [-0.4, -0.2) is 25.4 Å². The van der Waals surface area contributed by atoms with Gasteiger partial charge in [-0.25, -0.2) is 4.39 Å². The van der Waals surface area contributed by atoms with Gasteiger partial charge in [-0.2, -0.15) is 13.2 Å². The summed E-state index contributed by atoms with van der Waals surface area (Å²) in [6, 6.07) is 0. The second-order valence-electron chi connectivity index (χ2n) is 2.36. The van der Waals surface area contributed by atoms with Gasteiger partial charge in [-0.1, -0.05) is 0 Å². The fraction of sp³-hybridized carbons (Fsp3) is 1.00. The van der Waals surface area contributed by atoms with Crippen molar-refractivity contribution in [3.8, 4) is 0 Å². The van der Waals surface area contributed by atoms with Crippen molar-refractivity contribution in [3.63, 3.8) is 0 Å². The van der Waals surface area contributed by atoms with E-state index in [1.54, 1.807) is 0 Å².